The van der Waals surface area contributed by atoms with Crippen LogP contribution in [0.5, 0.6) is 5.75 Å². The summed E-state index contributed by atoms with van der Waals surface area (Å²) in [5.41, 5.74) is 0.877. The van der Waals surface area contributed by atoms with Crippen molar-refractivity contribution in [2.75, 3.05) is 39.8 Å². The number of hydrogen-bond acceptors (Lipinski definition) is 4. The Labute approximate surface area is 136 Å². The third-order valence-electron chi connectivity index (χ3n) is 4.22. The molecule has 0 radical (unpaired) electrons. The molecule has 6 heteroatoms. The maximum absolute atomic E-state index is 13.4. The van der Waals surface area contributed by atoms with Gasteiger partial charge in [0.05, 0.1) is 7.11 Å². The van der Waals surface area contributed by atoms with Gasteiger partial charge in [0.1, 0.15) is 11.6 Å². The predicted octanol–water partition coefficient (Wildman–Crippen LogP) is 2.21. The molecule has 1 aliphatic rings. The minimum Gasteiger partial charge on any atom is -0.496 e. The minimum absolute atomic E-state index is 0.238. The number of rotatable bonds is 8. The molecule has 0 spiro atoms. The van der Waals surface area contributed by atoms with E-state index in [1.165, 1.54) is 12.1 Å². The lowest BCUT2D eigenvalue weighted by Gasteiger charge is -2.34. The van der Waals surface area contributed by atoms with Crippen LogP contribution < -0.4 is 4.74 Å². The Balaban J connectivity index is 1.74. The van der Waals surface area contributed by atoms with Crippen molar-refractivity contribution in [2.45, 2.75) is 25.8 Å². The number of hydrogen-bond donors (Lipinski definition) is 1. The molecule has 1 aliphatic heterocycles. The van der Waals surface area contributed by atoms with Crippen molar-refractivity contribution in [1.82, 2.24) is 9.80 Å². The predicted molar refractivity (Wildman–Crippen MR) is 86.2 cm³/mol. The zero-order valence-electron chi connectivity index (χ0n) is 13.6. The normalized spacial score (nSPS) is 16.4. The molecule has 0 amide bonds. The number of unbranched alkanes of at least 4 members (excludes halogenated alkanes) is 1. The molecule has 23 heavy (non-hydrogen) atoms. The fraction of sp³-hybridized carbons (Fsp3) is 0.588. The smallest absolute Gasteiger partial charge is 0.303 e. The average molecular weight is 324 g/mol. The van der Waals surface area contributed by atoms with Crippen molar-refractivity contribution in [3.63, 3.8) is 0 Å². The van der Waals surface area contributed by atoms with E-state index in [1.54, 1.807) is 13.2 Å². The Kier molecular flexibility index (Phi) is 6.80. The van der Waals surface area contributed by atoms with Crippen LogP contribution in [-0.2, 0) is 11.3 Å². The molecule has 2 rings (SSSR count). The molecule has 1 aromatic carbocycles. The first kappa shape index (κ1) is 17.7. The van der Waals surface area contributed by atoms with Crippen LogP contribution in [0.25, 0.3) is 0 Å². The molecule has 1 saturated heterocycles. The van der Waals surface area contributed by atoms with Crippen LogP contribution in [0.15, 0.2) is 18.2 Å². The highest BCUT2D eigenvalue weighted by atomic mass is 19.1. The number of carboxylic acids is 1. The van der Waals surface area contributed by atoms with Gasteiger partial charge in [-0.3, -0.25) is 9.69 Å². The van der Waals surface area contributed by atoms with Crippen LogP contribution in [0.2, 0.25) is 0 Å². The molecule has 0 saturated carbocycles. The number of carboxylic acid groups (broad SMARTS) is 1. The zero-order chi connectivity index (χ0) is 16.7. The largest absolute Gasteiger partial charge is 0.496 e. The molecule has 1 N–H and O–H groups in total. The molecule has 0 bridgehead atoms. The Morgan fingerprint density at radius 3 is 2.57 bits per heavy atom. The van der Waals surface area contributed by atoms with Gasteiger partial charge in [0.2, 0.25) is 0 Å². The molecule has 1 aromatic rings. The lowest BCUT2D eigenvalue weighted by Crippen LogP contribution is -2.46. The summed E-state index contributed by atoms with van der Waals surface area (Å²) in [4.78, 5) is 15.1. The van der Waals surface area contributed by atoms with Gasteiger partial charge in [-0.05, 0) is 37.6 Å². The second-order valence-electron chi connectivity index (χ2n) is 5.92. The summed E-state index contributed by atoms with van der Waals surface area (Å²) in [6.07, 6.45) is 1.90. The van der Waals surface area contributed by atoms with Gasteiger partial charge in [-0.1, -0.05) is 0 Å². The first-order valence-electron chi connectivity index (χ1n) is 8.07. The number of aliphatic carboxylic acids is 1. The molecule has 0 unspecified atom stereocenters. The quantitative estimate of drug-likeness (QED) is 0.743. The van der Waals surface area contributed by atoms with E-state index in [0.29, 0.717) is 6.54 Å². The molecule has 0 aromatic heterocycles. The zero-order valence-corrected chi connectivity index (χ0v) is 13.6. The first-order valence-corrected chi connectivity index (χ1v) is 8.07. The third kappa shape index (κ3) is 5.80. The molecule has 5 nitrogen and oxygen atoms in total. The molecular weight excluding hydrogens is 299 g/mol. The van der Waals surface area contributed by atoms with E-state index < -0.39 is 5.97 Å². The highest BCUT2D eigenvalue weighted by Gasteiger charge is 2.18. The minimum atomic E-state index is -0.723. The van der Waals surface area contributed by atoms with E-state index in [4.69, 9.17) is 9.84 Å². The molecule has 128 valence electrons. The van der Waals surface area contributed by atoms with Gasteiger partial charge >= 0.3 is 5.97 Å². The number of carbonyl (C=O) groups is 1. The summed E-state index contributed by atoms with van der Waals surface area (Å²) in [6.45, 7) is 5.42. The summed E-state index contributed by atoms with van der Waals surface area (Å²) in [7, 11) is 1.60. The standard InChI is InChI=1S/C17H25FN2O3/c1-23-16-6-5-15(18)12-14(16)13-20-10-8-19(9-11-20)7-3-2-4-17(21)22/h5-6,12H,2-4,7-11,13H2,1H3,(H,21,22). The van der Waals surface area contributed by atoms with Crippen LogP contribution >= 0.6 is 0 Å². The highest BCUT2D eigenvalue weighted by Crippen LogP contribution is 2.21. The first-order chi connectivity index (χ1) is 11.1. The Morgan fingerprint density at radius 2 is 1.91 bits per heavy atom. The molecule has 0 atom stereocenters. The van der Waals surface area contributed by atoms with Crippen LogP contribution in [-0.4, -0.2) is 60.7 Å². The maximum Gasteiger partial charge on any atom is 0.303 e. The fourth-order valence-electron chi connectivity index (χ4n) is 2.89. The van der Waals surface area contributed by atoms with Gasteiger partial charge in [-0.15, -0.1) is 0 Å². The highest BCUT2D eigenvalue weighted by molar-refractivity contribution is 5.66. The summed E-state index contributed by atoms with van der Waals surface area (Å²) in [5, 5.41) is 8.63. The monoisotopic (exact) mass is 324 g/mol. The molecule has 1 fully saturated rings. The second kappa shape index (κ2) is 8.84. The van der Waals surface area contributed by atoms with E-state index in [9.17, 15) is 9.18 Å². The number of halogens is 1. The van der Waals surface area contributed by atoms with Gasteiger partial charge in [0.25, 0.3) is 0 Å². The van der Waals surface area contributed by atoms with E-state index >= 15 is 0 Å². The van der Waals surface area contributed by atoms with Crippen molar-refractivity contribution in [3.05, 3.63) is 29.6 Å². The van der Waals surface area contributed by atoms with Crippen LogP contribution in [0.3, 0.4) is 0 Å². The summed E-state index contributed by atoms with van der Waals surface area (Å²) in [5.74, 6) is -0.237. The Morgan fingerprint density at radius 1 is 1.22 bits per heavy atom. The Bertz CT molecular complexity index is 517. The average Bonchev–Trinajstić information content (AvgIpc) is 2.53. The van der Waals surface area contributed by atoms with Gasteiger partial charge < -0.3 is 14.7 Å². The molecule has 0 aliphatic carbocycles. The SMILES string of the molecule is COc1ccc(F)cc1CN1CCN(CCCCC(=O)O)CC1. The number of ether oxygens (including phenoxy) is 1. The van der Waals surface area contributed by atoms with Gasteiger partial charge in [-0.25, -0.2) is 4.39 Å². The van der Waals surface area contributed by atoms with E-state index in [1.807, 2.05) is 0 Å². The topological polar surface area (TPSA) is 53.0 Å². The van der Waals surface area contributed by atoms with Crippen molar-refractivity contribution in [2.24, 2.45) is 0 Å². The lowest BCUT2D eigenvalue weighted by atomic mass is 10.1. The fourth-order valence-corrected chi connectivity index (χ4v) is 2.89. The Hall–Kier alpha value is -1.66. The van der Waals surface area contributed by atoms with Gasteiger partial charge in [0.15, 0.2) is 0 Å². The van der Waals surface area contributed by atoms with E-state index in [0.717, 1.165) is 56.9 Å². The van der Waals surface area contributed by atoms with E-state index in [-0.39, 0.29) is 12.2 Å². The van der Waals surface area contributed by atoms with Gasteiger partial charge in [0, 0.05) is 44.7 Å². The maximum atomic E-state index is 13.4. The lowest BCUT2D eigenvalue weighted by molar-refractivity contribution is -0.137. The van der Waals surface area contributed by atoms with Crippen LogP contribution in [0, 0.1) is 5.82 Å². The van der Waals surface area contributed by atoms with Crippen LogP contribution in [0.4, 0.5) is 4.39 Å². The number of benzene rings is 1. The number of nitrogens with zero attached hydrogens (tertiary/aromatic N) is 2. The summed E-state index contributed by atoms with van der Waals surface area (Å²) in [6, 6.07) is 4.62. The van der Waals surface area contributed by atoms with Crippen molar-refractivity contribution in [1.29, 1.82) is 0 Å². The van der Waals surface area contributed by atoms with E-state index in [2.05, 4.69) is 9.80 Å². The van der Waals surface area contributed by atoms with Gasteiger partial charge in [-0.2, -0.15) is 0 Å². The third-order valence-corrected chi connectivity index (χ3v) is 4.22. The summed E-state index contributed by atoms with van der Waals surface area (Å²) < 4.78 is 18.7. The summed E-state index contributed by atoms with van der Waals surface area (Å²) >= 11 is 0. The van der Waals surface area contributed by atoms with Crippen molar-refractivity contribution < 1.29 is 19.0 Å². The molecule has 1 heterocycles. The number of methoxy groups -OCH3 is 1. The molecular formula is C17H25FN2O3. The van der Waals surface area contributed by atoms with Crippen molar-refractivity contribution in [3.8, 4) is 5.75 Å². The second-order valence-corrected chi connectivity index (χ2v) is 5.92. The van der Waals surface area contributed by atoms with Crippen molar-refractivity contribution >= 4 is 5.97 Å². The van der Waals surface area contributed by atoms with Crippen LogP contribution in [0.1, 0.15) is 24.8 Å². The number of piperazine rings is 1.